The van der Waals surface area contributed by atoms with Gasteiger partial charge in [-0.05, 0) is 30.8 Å². The molecule has 0 aromatic heterocycles. The number of nitro groups is 1. The van der Waals surface area contributed by atoms with Crippen LogP contribution in [0.2, 0.25) is 5.02 Å². The molecule has 6 nitrogen and oxygen atoms in total. The zero-order valence-electron chi connectivity index (χ0n) is 12.6. The Morgan fingerprint density at radius 3 is 3.09 bits per heavy atom. The minimum absolute atomic E-state index is 0.00876. The molecule has 9 heteroatoms. The maximum atomic E-state index is 11.2. The summed E-state index contributed by atoms with van der Waals surface area (Å²) in [5.41, 5.74) is 0.456. The maximum Gasteiger partial charge on any atom is 0.293 e. The van der Waals surface area contributed by atoms with Crippen LogP contribution in [0.4, 0.5) is 11.4 Å². The summed E-state index contributed by atoms with van der Waals surface area (Å²) in [6.07, 6.45) is 2.09. The molecule has 1 aliphatic rings. The van der Waals surface area contributed by atoms with Gasteiger partial charge in [-0.3, -0.25) is 10.1 Å². The first-order valence-corrected chi connectivity index (χ1v) is 9.01. The Labute approximate surface area is 149 Å². The first-order chi connectivity index (χ1) is 11.0. The molecule has 2 rings (SSSR count). The number of unbranched alkanes of at least 4 members (excludes halogenated alkanes) is 1. The number of anilines is 1. The van der Waals surface area contributed by atoms with Crippen molar-refractivity contribution in [3.63, 3.8) is 0 Å². The molecule has 1 heterocycles. The highest BCUT2D eigenvalue weighted by atomic mass is 35.5. The van der Waals surface area contributed by atoms with Gasteiger partial charge in [-0.25, -0.2) is 0 Å². The second-order valence-electron chi connectivity index (χ2n) is 4.87. The van der Waals surface area contributed by atoms with Crippen LogP contribution in [0.15, 0.2) is 23.2 Å². The summed E-state index contributed by atoms with van der Waals surface area (Å²) >= 11 is 12.7. The number of amidine groups is 1. The van der Waals surface area contributed by atoms with Gasteiger partial charge in [-0.2, -0.15) is 4.99 Å². The van der Waals surface area contributed by atoms with Crippen LogP contribution in [0.1, 0.15) is 19.8 Å². The van der Waals surface area contributed by atoms with Crippen molar-refractivity contribution in [3.8, 4) is 0 Å². The van der Waals surface area contributed by atoms with E-state index in [1.807, 2.05) is 0 Å². The van der Waals surface area contributed by atoms with Crippen molar-refractivity contribution in [2.75, 3.05) is 23.7 Å². The Kier molecular flexibility index (Phi) is 6.61. The van der Waals surface area contributed by atoms with E-state index in [9.17, 15) is 10.1 Å². The second-order valence-corrected chi connectivity index (χ2v) is 6.76. The highest BCUT2D eigenvalue weighted by molar-refractivity contribution is 8.14. The van der Waals surface area contributed by atoms with Crippen LogP contribution in [0.3, 0.4) is 0 Å². The summed E-state index contributed by atoms with van der Waals surface area (Å²) in [6, 6.07) is 4.52. The van der Waals surface area contributed by atoms with Gasteiger partial charge in [0.1, 0.15) is 5.69 Å². The van der Waals surface area contributed by atoms with Gasteiger partial charge >= 0.3 is 0 Å². The van der Waals surface area contributed by atoms with Gasteiger partial charge in [-0.1, -0.05) is 36.7 Å². The lowest BCUT2D eigenvalue weighted by molar-refractivity contribution is -0.384. The monoisotopic (exact) mass is 372 g/mol. The van der Waals surface area contributed by atoms with Gasteiger partial charge in [0.2, 0.25) is 0 Å². The summed E-state index contributed by atoms with van der Waals surface area (Å²) in [5.74, 6) is 0.792. The van der Waals surface area contributed by atoms with Gasteiger partial charge in [0, 0.05) is 29.9 Å². The SMILES string of the molecule is CCCCNC(=S)N=C1SCCN1c1cc(Cl)ccc1[N+](=O)[O-]. The molecule has 1 saturated heterocycles. The third-order valence-electron chi connectivity index (χ3n) is 3.21. The molecule has 0 spiro atoms. The lowest BCUT2D eigenvalue weighted by Gasteiger charge is -2.18. The van der Waals surface area contributed by atoms with Gasteiger partial charge in [0.15, 0.2) is 10.3 Å². The summed E-state index contributed by atoms with van der Waals surface area (Å²) in [4.78, 5) is 17.0. The fourth-order valence-corrected chi connectivity index (χ4v) is 3.45. The summed E-state index contributed by atoms with van der Waals surface area (Å²) in [7, 11) is 0. The van der Waals surface area contributed by atoms with Gasteiger partial charge in [-0.15, -0.1) is 0 Å². The smallest absolute Gasteiger partial charge is 0.293 e. The number of hydrogen-bond acceptors (Lipinski definition) is 4. The molecule has 1 aromatic rings. The maximum absolute atomic E-state index is 11.2. The number of thioether (sulfide) groups is 1. The molecule has 0 bridgehead atoms. The highest BCUT2D eigenvalue weighted by Crippen LogP contribution is 2.35. The molecule has 0 aliphatic carbocycles. The molecule has 0 radical (unpaired) electrons. The fourth-order valence-electron chi connectivity index (χ4n) is 2.08. The van der Waals surface area contributed by atoms with E-state index in [4.69, 9.17) is 23.8 Å². The first-order valence-electron chi connectivity index (χ1n) is 7.23. The van der Waals surface area contributed by atoms with Crippen LogP contribution in [0, 0.1) is 10.1 Å². The van der Waals surface area contributed by atoms with Crippen molar-refractivity contribution in [2.24, 2.45) is 4.99 Å². The lowest BCUT2D eigenvalue weighted by atomic mass is 10.2. The Balaban J connectivity index is 2.23. The summed E-state index contributed by atoms with van der Waals surface area (Å²) in [6.45, 7) is 3.50. The Hall–Kier alpha value is -1.38. The van der Waals surface area contributed by atoms with Crippen LogP contribution in [-0.2, 0) is 0 Å². The number of halogens is 1. The van der Waals surface area contributed by atoms with Crippen molar-refractivity contribution in [2.45, 2.75) is 19.8 Å². The van der Waals surface area contributed by atoms with Crippen molar-refractivity contribution >= 4 is 57.2 Å². The highest BCUT2D eigenvalue weighted by Gasteiger charge is 2.28. The number of thiocarbonyl (C=S) groups is 1. The second kappa shape index (κ2) is 8.47. The molecule has 1 aromatic carbocycles. The Morgan fingerprint density at radius 2 is 2.39 bits per heavy atom. The fraction of sp³-hybridized carbons (Fsp3) is 0.429. The minimum atomic E-state index is -0.413. The number of nitrogens with zero attached hydrogens (tertiary/aromatic N) is 3. The van der Waals surface area contributed by atoms with E-state index in [2.05, 4.69) is 17.2 Å². The number of rotatable bonds is 5. The van der Waals surface area contributed by atoms with E-state index in [1.54, 1.807) is 11.0 Å². The molecule has 0 unspecified atom stereocenters. The van der Waals surface area contributed by atoms with E-state index in [0.29, 0.717) is 27.5 Å². The molecular weight excluding hydrogens is 356 g/mol. The molecule has 1 N–H and O–H groups in total. The van der Waals surface area contributed by atoms with Gasteiger partial charge in [0.05, 0.1) is 4.92 Å². The predicted octanol–water partition coefficient (Wildman–Crippen LogP) is 3.83. The number of aliphatic imine (C=N–C) groups is 1. The number of benzene rings is 1. The van der Waals surface area contributed by atoms with Crippen molar-refractivity contribution in [3.05, 3.63) is 33.3 Å². The lowest BCUT2D eigenvalue weighted by Crippen LogP contribution is -2.28. The molecule has 0 amide bonds. The zero-order chi connectivity index (χ0) is 16.8. The largest absolute Gasteiger partial charge is 0.361 e. The van der Waals surface area contributed by atoms with Gasteiger partial charge < -0.3 is 10.2 Å². The molecule has 0 atom stereocenters. The van der Waals surface area contributed by atoms with E-state index >= 15 is 0 Å². The molecule has 23 heavy (non-hydrogen) atoms. The van der Waals surface area contributed by atoms with Crippen LogP contribution in [-0.4, -0.2) is 34.0 Å². The van der Waals surface area contributed by atoms with Crippen LogP contribution >= 0.6 is 35.6 Å². The van der Waals surface area contributed by atoms with Crippen LogP contribution in [0.25, 0.3) is 0 Å². The summed E-state index contributed by atoms with van der Waals surface area (Å²) < 4.78 is 0. The standard InChI is InChI=1S/C14H17ClN4O2S2/c1-2-3-6-16-13(22)17-14-18(7-8-23-14)12-9-10(15)4-5-11(12)19(20)21/h4-5,9H,2-3,6-8H2,1H3,(H,16,22). The van der Waals surface area contributed by atoms with Crippen LogP contribution in [0.5, 0.6) is 0 Å². The Bertz CT molecular complexity index is 639. The van der Waals surface area contributed by atoms with Gasteiger partial charge in [0.25, 0.3) is 5.69 Å². The molecule has 1 fully saturated rings. The summed E-state index contributed by atoms with van der Waals surface area (Å²) in [5, 5.41) is 15.8. The van der Waals surface area contributed by atoms with E-state index in [1.165, 1.54) is 23.9 Å². The number of nitro benzene ring substituents is 1. The van der Waals surface area contributed by atoms with Crippen LogP contribution < -0.4 is 10.2 Å². The average Bonchev–Trinajstić information content (AvgIpc) is 2.95. The van der Waals surface area contributed by atoms with Crippen molar-refractivity contribution < 1.29 is 4.92 Å². The van der Waals surface area contributed by atoms with Crippen molar-refractivity contribution in [1.29, 1.82) is 0 Å². The zero-order valence-corrected chi connectivity index (χ0v) is 15.0. The third kappa shape index (κ3) is 4.79. The quantitative estimate of drug-likeness (QED) is 0.366. The molecular formula is C14H17ClN4O2S2. The topological polar surface area (TPSA) is 70.8 Å². The predicted molar refractivity (Wildman–Crippen MR) is 101 cm³/mol. The van der Waals surface area contributed by atoms with Crippen molar-refractivity contribution in [1.82, 2.24) is 5.32 Å². The Morgan fingerprint density at radius 1 is 1.61 bits per heavy atom. The van der Waals surface area contributed by atoms with E-state index in [0.717, 1.165) is 25.1 Å². The normalized spacial score (nSPS) is 15.9. The first kappa shape index (κ1) is 18.0. The van der Waals surface area contributed by atoms with E-state index in [-0.39, 0.29) is 5.69 Å². The minimum Gasteiger partial charge on any atom is -0.361 e. The molecule has 0 saturated carbocycles. The average molecular weight is 373 g/mol. The third-order valence-corrected chi connectivity index (χ3v) is 4.63. The number of nitrogens with one attached hydrogen (secondary N) is 1. The molecule has 124 valence electrons. The number of hydrogen-bond donors (Lipinski definition) is 1. The van der Waals surface area contributed by atoms with E-state index < -0.39 is 4.92 Å². The molecule has 1 aliphatic heterocycles.